The lowest BCUT2D eigenvalue weighted by Crippen LogP contribution is -2.35. The van der Waals surface area contributed by atoms with Crippen LogP contribution in [0.5, 0.6) is 11.5 Å². The van der Waals surface area contributed by atoms with Crippen molar-refractivity contribution in [2.45, 2.75) is 19.4 Å². The molecule has 0 fully saturated rings. The number of nitrogens with one attached hydrogen (secondary N) is 3. The number of nitrogens with zero attached hydrogens (tertiary/aromatic N) is 2. The summed E-state index contributed by atoms with van der Waals surface area (Å²) >= 11 is 0. The summed E-state index contributed by atoms with van der Waals surface area (Å²) in [7, 11) is 3.09. The SMILES string of the molecule is COc1ccc(-c2cnn3c2NC(=O)CC3C(=O)Nc2ccc(NC(C)=O)cc2)cc1OC. The van der Waals surface area contributed by atoms with Gasteiger partial charge in [0, 0.05) is 23.9 Å². The van der Waals surface area contributed by atoms with Gasteiger partial charge in [-0.3, -0.25) is 14.4 Å². The fraction of sp³-hybridized carbons (Fsp3) is 0.217. The van der Waals surface area contributed by atoms with Crippen LogP contribution < -0.4 is 25.4 Å². The molecule has 4 rings (SSSR count). The van der Waals surface area contributed by atoms with Crippen LogP contribution in [-0.2, 0) is 14.4 Å². The Balaban J connectivity index is 1.59. The van der Waals surface area contributed by atoms with Gasteiger partial charge in [0.1, 0.15) is 11.9 Å². The number of amides is 3. The van der Waals surface area contributed by atoms with E-state index < -0.39 is 6.04 Å². The van der Waals surface area contributed by atoms with E-state index in [1.54, 1.807) is 56.8 Å². The van der Waals surface area contributed by atoms with E-state index in [0.717, 1.165) is 5.56 Å². The molecule has 10 nitrogen and oxygen atoms in total. The van der Waals surface area contributed by atoms with Gasteiger partial charge in [-0.1, -0.05) is 6.07 Å². The second kappa shape index (κ2) is 9.03. The minimum atomic E-state index is -0.822. The molecule has 1 atom stereocenters. The van der Waals surface area contributed by atoms with E-state index in [2.05, 4.69) is 21.0 Å². The summed E-state index contributed by atoms with van der Waals surface area (Å²) in [6, 6.07) is 11.2. The van der Waals surface area contributed by atoms with Gasteiger partial charge in [0.05, 0.1) is 26.8 Å². The number of rotatable bonds is 6. The van der Waals surface area contributed by atoms with Gasteiger partial charge in [0.2, 0.25) is 17.7 Å². The van der Waals surface area contributed by atoms with Crippen LogP contribution in [0.25, 0.3) is 11.1 Å². The second-order valence-corrected chi connectivity index (χ2v) is 7.44. The van der Waals surface area contributed by atoms with Crippen LogP contribution in [0.15, 0.2) is 48.7 Å². The molecular weight excluding hydrogens is 426 g/mol. The number of carbonyl (C=O) groups is 3. The maximum Gasteiger partial charge on any atom is 0.249 e. The smallest absolute Gasteiger partial charge is 0.249 e. The summed E-state index contributed by atoms with van der Waals surface area (Å²) in [4.78, 5) is 36.6. The molecule has 3 amide bonds. The molecule has 0 radical (unpaired) electrons. The molecule has 1 aliphatic rings. The third-order valence-corrected chi connectivity index (χ3v) is 5.20. The highest BCUT2D eigenvalue weighted by atomic mass is 16.5. The summed E-state index contributed by atoms with van der Waals surface area (Å²) < 4.78 is 12.2. The first-order chi connectivity index (χ1) is 15.9. The van der Waals surface area contributed by atoms with Crippen LogP contribution in [0.2, 0.25) is 0 Å². The molecule has 1 unspecified atom stereocenters. The number of hydrogen-bond donors (Lipinski definition) is 3. The molecule has 170 valence electrons. The zero-order valence-electron chi connectivity index (χ0n) is 18.3. The lowest BCUT2D eigenvalue weighted by atomic mass is 10.1. The molecule has 2 aromatic carbocycles. The molecule has 3 N–H and O–H groups in total. The summed E-state index contributed by atoms with van der Waals surface area (Å²) in [6.07, 6.45) is 1.56. The number of fused-ring (bicyclic) bond motifs is 1. The lowest BCUT2D eigenvalue weighted by Gasteiger charge is -2.24. The van der Waals surface area contributed by atoms with Gasteiger partial charge in [-0.2, -0.15) is 5.10 Å². The number of carbonyl (C=O) groups excluding carboxylic acids is 3. The van der Waals surface area contributed by atoms with Gasteiger partial charge in [0.15, 0.2) is 11.5 Å². The van der Waals surface area contributed by atoms with E-state index in [9.17, 15) is 14.4 Å². The average molecular weight is 449 g/mol. The predicted octanol–water partition coefficient (Wildman–Crippen LogP) is 3.05. The zero-order valence-corrected chi connectivity index (χ0v) is 18.3. The molecule has 0 saturated carbocycles. The van der Waals surface area contributed by atoms with E-state index in [-0.39, 0.29) is 24.1 Å². The van der Waals surface area contributed by atoms with Crippen molar-refractivity contribution in [3.05, 3.63) is 48.7 Å². The maximum absolute atomic E-state index is 13.0. The predicted molar refractivity (Wildman–Crippen MR) is 122 cm³/mol. The van der Waals surface area contributed by atoms with Crippen LogP contribution in [0.1, 0.15) is 19.4 Å². The second-order valence-electron chi connectivity index (χ2n) is 7.44. The van der Waals surface area contributed by atoms with E-state index >= 15 is 0 Å². The lowest BCUT2D eigenvalue weighted by molar-refractivity contribution is -0.125. The molecule has 1 aliphatic heterocycles. The summed E-state index contributed by atoms with van der Waals surface area (Å²) in [5.74, 6) is 0.699. The van der Waals surface area contributed by atoms with Gasteiger partial charge in [-0.25, -0.2) is 4.68 Å². The number of benzene rings is 2. The maximum atomic E-state index is 13.0. The van der Waals surface area contributed by atoms with Crippen molar-refractivity contribution in [2.75, 3.05) is 30.2 Å². The van der Waals surface area contributed by atoms with E-state index in [1.807, 2.05) is 6.07 Å². The van der Waals surface area contributed by atoms with Crippen LogP contribution in [-0.4, -0.2) is 41.7 Å². The van der Waals surface area contributed by atoms with Gasteiger partial charge in [-0.05, 0) is 42.0 Å². The highest BCUT2D eigenvalue weighted by Crippen LogP contribution is 2.38. The Morgan fingerprint density at radius 3 is 2.33 bits per heavy atom. The normalized spacial score (nSPS) is 14.6. The third-order valence-electron chi connectivity index (χ3n) is 5.20. The Bertz CT molecular complexity index is 1220. The van der Waals surface area contributed by atoms with Crippen molar-refractivity contribution in [2.24, 2.45) is 0 Å². The van der Waals surface area contributed by atoms with E-state index in [4.69, 9.17) is 9.47 Å². The minimum absolute atomic E-state index is 0.0458. The average Bonchev–Trinajstić information content (AvgIpc) is 3.22. The van der Waals surface area contributed by atoms with Crippen LogP contribution in [0.4, 0.5) is 17.2 Å². The van der Waals surface area contributed by atoms with Crippen molar-refractivity contribution in [1.29, 1.82) is 0 Å². The van der Waals surface area contributed by atoms with Crippen LogP contribution >= 0.6 is 0 Å². The van der Waals surface area contributed by atoms with Gasteiger partial charge in [-0.15, -0.1) is 0 Å². The number of methoxy groups -OCH3 is 2. The Morgan fingerprint density at radius 1 is 1.03 bits per heavy atom. The largest absolute Gasteiger partial charge is 0.493 e. The highest BCUT2D eigenvalue weighted by molar-refractivity contribution is 6.03. The number of anilines is 3. The first-order valence-corrected chi connectivity index (χ1v) is 10.2. The number of hydrogen-bond acceptors (Lipinski definition) is 6. The summed E-state index contributed by atoms with van der Waals surface area (Å²) in [5.41, 5.74) is 2.56. The fourth-order valence-electron chi connectivity index (χ4n) is 3.65. The zero-order chi connectivity index (χ0) is 23.5. The topological polar surface area (TPSA) is 124 Å². The quantitative estimate of drug-likeness (QED) is 0.531. The van der Waals surface area contributed by atoms with Crippen molar-refractivity contribution >= 4 is 34.9 Å². The van der Waals surface area contributed by atoms with E-state index in [0.29, 0.717) is 34.3 Å². The van der Waals surface area contributed by atoms with Gasteiger partial charge in [0.25, 0.3) is 0 Å². The Kier molecular flexibility index (Phi) is 5.99. The Labute approximate surface area is 189 Å². The third kappa shape index (κ3) is 4.49. The molecule has 2 heterocycles. The van der Waals surface area contributed by atoms with E-state index in [1.165, 1.54) is 11.6 Å². The van der Waals surface area contributed by atoms with Crippen molar-refractivity contribution in [3.63, 3.8) is 0 Å². The van der Waals surface area contributed by atoms with Crippen molar-refractivity contribution in [3.8, 4) is 22.6 Å². The first kappa shape index (κ1) is 21.9. The molecule has 3 aromatic rings. The molecular formula is C23H23N5O5. The monoisotopic (exact) mass is 449 g/mol. The Hall–Kier alpha value is -4.34. The molecule has 0 saturated heterocycles. The number of ether oxygens (including phenoxy) is 2. The molecule has 0 bridgehead atoms. The van der Waals surface area contributed by atoms with Crippen LogP contribution in [0, 0.1) is 0 Å². The molecule has 0 aliphatic carbocycles. The first-order valence-electron chi connectivity index (χ1n) is 10.2. The summed E-state index contributed by atoms with van der Waals surface area (Å²) in [5, 5.41) is 12.7. The highest BCUT2D eigenvalue weighted by Gasteiger charge is 2.33. The van der Waals surface area contributed by atoms with Crippen LogP contribution in [0.3, 0.4) is 0 Å². The Morgan fingerprint density at radius 2 is 1.70 bits per heavy atom. The fourth-order valence-corrected chi connectivity index (χ4v) is 3.65. The minimum Gasteiger partial charge on any atom is -0.493 e. The van der Waals surface area contributed by atoms with Gasteiger partial charge < -0.3 is 25.4 Å². The molecule has 0 spiro atoms. The molecule has 1 aromatic heterocycles. The number of aromatic nitrogens is 2. The molecule has 10 heteroatoms. The van der Waals surface area contributed by atoms with Crippen molar-refractivity contribution < 1.29 is 23.9 Å². The standard InChI is InChI=1S/C23H23N5O5/c1-13(29)25-15-5-7-16(8-6-15)26-23(31)18-11-21(30)27-22-17(12-24-28(18)22)14-4-9-19(32-2)20(10-14)33-3/h4-10,12,18H,11H2,1-3H3,(H,25,29)(H,26,31)(H,27,30). The molecule has 33 heavy (non-hydrogen) atoms. The summed E-state index contributed by atoms with van der Waals surface area (Å²) in [6.45, 7) is 1.42. The van der Waals surface area contributed by atoms with Gasteiger partial charge >= 0.3 is 0 Å². The van der Waals surface area contributed by atoms with Crippen molar-refractivity contribution in [1.82, 2.24) is 9.78 Å².